The van der Waals surface area contributed by atoms with Gasteiger partial charge in [-0.3, -0.25) is 19.2 Å². The van der Waals surface area contributed by atoms with E-state index in [0.717, 1.165) is 17.5 Å². The van der Waals surface area contributed by atoms with Crippen LogP contribution in [0.4, 0.5) is 11.4 Å². The lowest BCUT2D eigenvalue weighted by molar-refractivity contribution is -0.131. The Hall–Kier alpha value is -2.85. The van der Waals surface area contributed by atoms with Crippen LogP contribution >= 0.6 is 11.8 Å². The number of furan rings is 1. The molecule has 0 aliphatic carbocycles. The number of amides is 1. The lowest BCUT2D eigenvalue weighted by Crippen LogP contribution is -2.49. The van der Waals surface area contributed by atoms with Crippen LogP contribution in [-0.2, 0) is 14.3 Å². The fourth-order valence-electron chi connectivity index (χ4n) is 3.61. The molecule has 4 rings (SSSR count). The number of anilines is 2. The minimum absolute atomic E-state index is 0.0141. The lowest BCUT2D eigenvalue weighted by Gasteiger charge is -2.44. The van der Waals surface area contributed by atoms with Crippen LogP contribution in [0.3, 0.4) is 0 Å². The molecule has 2 aliphatic heterocycles. The van der Waals surface area contributed by atoms with Gasteiger partial charge >= 0.3 is 0 Å². The molecule has 0 bridgehead atoms. The Morgan fingerprint density at radius 1 is 1.19 bits per heavy atom. The van der Waals surface area contributed by atoms with Crippen molar-refractivity contribution in [2.45, 2.75) is 25.1 Å². The Kier molecular flexibility index (Phi) is 5.30. The molecule has 1 amide bonds. The van der Waals surface area contributed by atoms with Gasteiger partial charge in [0, 0.05) is 19.5 Å². The zero-order valence-corrected chi connectivity index (χ0v) is 18.4. The van der Waals surface area contributed by atoms with E-state index < -0.39 is 27.9 Å². The van der Waals surface area contributed by atoms with E-state index in [2.05, 4.69) is 10.6 Å². The average molecular weight is 445 g/mol. The van der Waals surface area contributed by atoms with Gasteiger partial charge in [-0.05, 0) is 24.5 Å². The Morgan fingerprint density at radius 2 is 1.87 bits per heavy atom. The number of nitrogens with one attached hydrogen (secondary N) is 2. The van der Waals surface area contributed by atoms with E-state index in [1.54, 1.807) is 14.1 Å². The SMILES string of the molecule is Cc1ccc([C@H](Nc2c(NC3=CSC(C(=O)N(C)C)C3=O)c(=O)c2=O)C2(C)COC2)o1. The molecule has 1 unspecified atom stereocenters. The highest BCUT2D eigenvalue weighted by Crippen LogP contribution is 2.43. The Morgan fingerprint density at radius 3 is 2.42 bits per heavy atom. The van der Waals surface area contributed by atoms with E-state index >= 15 is 0 Å². The number of carbonyl (C=O) groups is 2. The summed E-state index contributed by atoms with van der Waals surface area (Å²) in [6.45, 7) is 4.77. The predicted octanol–water partition coefficient (Wildman–Crippen LogP) is 1.40. The summed E-state index contributed by atoms with van der Waals surface area (Å²) in [4.78, 5) is 50.7. The van der Waals surface area contributed by atoms with Crippen LogP contribution in [0.5, 0.6) is 0 Å². The van der Waals surface area contributed by atoms with Crippen LogP contribution in [0, 0.1) is 12.3 Å². The summed E-state index contributed by atoms with van der Waals surface area (Å²) < 4.78 is 11.2. The highest BCUT2D eigenvalue weighted by atomic mass is 32.2. The van der Waals surface area contributed by atoms with Crippen molar-refractivity contribution >= 4 is 34.8 Å². The first kappa shape index (κ1) is 21.4. The molecular formula is C21H23N3O6S. The van der Waals surface area contributed by atoms with E-state index in [1.165, 1.54) is 10.3 Å². The van der Waals surface area contributed by atoms with Crippen LogP contribution in [0.2, 0.25) is 0 Å². The number of hydrogen-bond acceptors (Lipinski definition) is 9. The first-order chi connectivity index (χ1) is 14.6. The van der Waals surface area contributed by atoms with Gasteiger partial charge in [0.1, 0.15) is 22.9 Å². The van der Waals surface area contributed by atoms with Crippen molar-refractivity contribution < 1.29 is 18.7 Å². The highest BCUT2D eigenvalue weighted by Gasteiger charge is 2.45. The standard InChI is InChI=1S/C21H23N3O6S/c1-10-5-6-12(30-10)19(21(2)8-29-9-21)23-14-13(16(26)17(14)27)22-11-7-31-18(15(11)25)20(28)24(3)4/h5-7,18-19,22-23H,8-9H2,1-4H3/t18?,19-/m0/s1. The largest absolute Gasteiger partial charge is 0.464 e. The molecule has 3 heterocycles. The zero-order valence-electron chi connectivity index (χ0n) is 17.6. The molecule has 1 saturated heterocycles. The molecule has 2 aliphatic rings. The molecule has 31 heavy (non-hydrogen) atoms. The highest BCUT2D eigenvalue weighted by molar-refractivity contribution is 8.04. The van der Waals surface area contributed by atoms with Crippen molar-refractivity contribution in [1.82, 2.24) is 4.90 Å². The van der Waals surface area contributed by atoms with Crippen molar-refractivity contribution in [2.24, 2.45) is 5.41 Å². The van der Waals surface area contributed by atoms with Crippen LogP contribution < -0.4 is 21.5 Å². The predicted molar refractivity (Wildman–Crippen MR) is 117 cm³/mol. The second-order valence-electron chi connectivity index (χ2n) is 8.35. The maximum Gasteiger partial charge on any atom is 0.253 e. The van der Waals surface area contributed by atoms with Crippen LogP contribution in [0.1, 0.15) is 24.5 Å². The van der Waals surface area contributed by atoms with Gasteiger partial charge in [0.25, 0.3) is 10.9 Å². The first-order valence-electron chi connectivity index (χ1n) is 9.74. The van der Waals surface area contributed by atoms with Gasteiger partial charge in [-0.2, -0.15) is 0 Å². The summed E-state index contributed by atoms with van der Waals surface area (Å²) in [5.41, 5.74) is -1.49. The number of Topliss-reactive ketones (excluding diaryl/α,β-unsaturated/α-hetero) is 1. The molecule has 0 spiro atoms. The molecule has 0 radical (unpaired) electrons. The van der Waals surface area contributed by atoms with Gasteiger partial charge in [-0.25, -0.2) is 0 Å². The number of carbonyl (C=O) groups excluding carboxylic acids is 2. The number of ether oxygens (including phenoxy) is 1. The van der Waals surface area contributed by atoms with Crippen molar-refractivity contribution in [1.29, 1.82) is 0 Å². The first-order valence-corrected chi connectivity index (χ1v) is 10.7. The number of nitrogens with zero attached hydrogens (tertiary/aromatic N) is 1. The molecule has 0 saturated carbocycles. The maximum atomic E-state index is 12.6. The second-order valence-corrected chi connectivity index (χ2v) is 9.33. The number of thioether (sulfide) groups is 1. The number of rotatable bonds is 7. The van der Waals surface area contributed by atoms with Crippen LogP contribution in [0.25, 0.3) is 0 Å². The summed E-state index contributed by atoms with van der Waals surface area (Å²) in [5, 5.41) is 6.53. The summed E-state index contributed by atoms with van der Waals surface area (Å²) >= 11 is 1.07. The van der Waals surface area contributed by atoms with Gasteiger partial charge in [0.15, 0.2) is 5.25 Å². The molecule has 9 nitrogen and oxygen atoms in total. The third-order valence-electron chi connectivity index (χ3n) is 5.56. The van der Waals surface area contributed by atoms with Crippen molar-refractivity contribution in [3.63, 3.8) is 0 Å². The number of ketones is 1. The smallest absolute Gasteiger partial charge is 0.253 e. The van der Waals surface area contributed by atoms with E-state index in [4.69, 9.17) is 9.15 Å². The molecule has 2 aromatic rings. The van der Waals surface area contributed by atoms with Crippen LogP contribution in [-0.4, -0.2) is 49.1 Å². The lowest BCUT2D eigenvalue weighted by atomic mass is 9.79. The summed E-state index contributed by atoms with van der Waals surface area (Å²) in [5.74, 6) is 0.591. The fourth-order valence-corrected chi connectivity index (χ4v) is 4.63. The summed E-state index contributed by atoms with van der Waals surface area (Å²) in [6, 6.07) is 3.26. The monoisotopic (exact) mass is 445 g/mol. The topological polar surface area (TPSA) is 118 Å². The summed E-state index contributed by atoms with van der Waals surface area (Å²) in [7, 11) is 3.14. The van der Waals surface area contributed by atoms with Gasteiger partial charge < -0.3 is 24.7 Å². The average Bonchev–Trinajstić information content (AvgIpc) is 3.30. The molecule has 1 fully saturated rings. The van der Waals surface area contributed by atoms with E-state index in [9.17, 15) is 19.2 Å². The van der Waals surface area contributed by atoms with Gasteiger partial charge in [-0.15, -0.1) is 11.8 Å². The minimum Gasteiger partial charge on any atom is -0.464 e. The van der Waals surface area contributed by atoms with Gasteiger partial charge in [-0.1, -0.05) is 6.92 Å². The van der Waals surface area contributed by atoms with E-state index in [1.807, 2.05) is 26.0 Å². The molecular weight excluding hydrogens is 422 g/mol. The second kappa shape index (κ2) is 7.69. The molecule has 2 atom stereocenters. The normalized spacial score (nSPS) is 20.8. The molecule has 1 aromatic heterocycles. The van der Waals surface area contributed by atoms with E-state index in [0.29, 0.717) is 19.0 Å². The number of allylic oxidation sites excluding steroid dienone is 1. The van der Waals surface area contributed by atoms with Gasteiger partial charge in [0.05, 0.1) is 25.0 Å². The third-order valence-corrected chi connectivity index (χ3v) is 6.62. The van der Waals surface area contributed by atoms with Crippen molar-refractivity contribution in [3.05, 3.63) is 55.2 Å². The number of hydrogen-bond donors (Lipinski definition) is 2. The molecule has 1 aromatic carbocycles. The fraction of sp³-hybridized carbons (Fsp3) is 0.429. The maximum absolute atomic E-state index is 12.6. The van der Waals surface area contributed by atoms with Crippen molar-refractivity contribution in [2.75, 3.05) is 37.9 Å². The van der Waals surface area contributed by atoms with E-state index in [-0.39, 0.29) is 28.4 Å². The summed E-state index contributed by atoms with van der Waals surface area (Å²) in [6.07, 6.45) is 0. The number of aryl methyl sites for hydroxylation is 1. The Bertz CT molecular complexity index is 1150. The zero-order chi connectivity index (χ0) is 22.5. The third kappa shape index (κ3) is 3.59. The molecule has 2 N–H and O–H groups in total. The molecule has 10 heteroatoms. The van der Waals surface area contributed by atoms with Crippen LogP contribution in [0.15, 0.2) is 37.2 Å². The van der Waals surface area contributed by atoms with Gasteiger partial charge in [0.2, 0.25) is 11.7 Å². The Balaban J connectivity index is 1.57. The Labute approximate surface area is 182 Å². The molecule has 164 valence electrons. The minimum atomic E-state index is -0.898. The quantitative estimate of drug-likeness (QED) is 0.482. The van der Waals surface area contributed by atoms with Crippen molar-refractivity contribution in [3.8, 4) is 0 Å².